The minimum absolute atomic E-state index is 0.242. The van der Waals surface area contributed by atoms with Gasteiger partial charge in [-0.15, -0.1) is 0 Å². The van der Waals surface area contributed by atoms with Crippen molar-refractivity contribution in [1.29, 1.82) is 0 Å². The Morgan fingerprint density at radius 2 is 1.80 bits per heavy atom. The van der Waals surface area contributed by atoms with E-state index in [1.165, 1.54) is 12.8 Å². The van der Waals surface area contributed by atoms with Gasteiger partial charge in [0.25, 0.3) is 0 Å². The van der Waals surface area contributed by atoms with Crippen molar-refractivity contribution in [3.8, 4) is 0 Å². The van der Waals surface area contributed by atoms with Gasteiger partial charge in [0.05, 0.1) is 6.61 Å². The molecular weight excluding hydrogens is 128 g/mol. The Hall–Kier alpha value is -0.120. The molecular formula is C7H18N2O. The molecule has 3 nitrogen and oxygen atoms in total. The highest BCUT2D eigenvalue weighted by Crippen LogP contribution is 1.82. The summed E-state index contributed by atoms with van der Waals surface area (Å²) >= 11 is 0. The molecule has 0 aromatic carbocycles. The average Bonchev–Trinajstić information content (AvgIpc) is 1.97. The molecule has 0 saturated carbocycles. The largest absolute Gasteiger partial charge is 0.395 e. The predicted molar refractivity (Wildman–Crippen MR) is 43.1 cm³/mol. The minimum atomic E-state index is 0.242. The molecule has 10 heavy (non-hydrogen) atoms. The Bertz CT molecular complexity index is 51.6. The molecule has 3 heteroatoms. The van der Waals surface area contributed by atoms with Crippen LogP contribution in [0.1, 0.15) is 12.8 Å². The van der Waals surface area contributed by atoms with Crippen molar-refractivity contribution in [1.82, 2.24) is 10.6 Å². The molecule has 3 N–H and O–H groups in total. The van der Waals surface area contributed by atoms with E-state index in [0.29, 0.717) is 0 Å². The van der Waals surface area contributed by atoms with Gasteiger partial charge in [-0.05, 0) is 33.0 Å². The highest BCUT2D eigenvalue weighted by atomic mass is 16.3. The maximum Gasteiger partial charge on any atom is 0.0555 e. The van der Waals surface area contributed by atoms with Gasteiger partial charge in [0.2, 0.25) is 0 Å². The Morgan fingerprint density at radius 3 is 2.40 bits per heavy atom. The lowest BCUT2D eigenvalue weighted by atomic mass is 10.3. The summed E-state index contributed by atoms with van der Waals surface area (Å²) in [5, 5.41) is 14.6. The maximum atomic E-state index is 8.39. The Kier molecular flexibility index (Phi) is 8.77. The van der Waals surface area contributed by atoms with Crippen LogP contribution in [0, 0.1) is 0 Å². The van der Waals surface area contributed by atoms with Crippen molar-refractivity contribution < 1.29 is 5.11 Å². The van der Waals surface area contributed by atoms with Gasteiger partial charge in [-0.25, -0.2) is 0 Å². The first kappa shape index (κ1) is 9.88. The maximum absolute atomic E-state index is 8.39. The second-order valence-electron chi connectivity index (χ2n) is 2.28. The van der Waals surface area contributed by atoms with E-state index >= 15 is 0 Å². The van der Waals surface area contributed by atoms with Crippen LogP contribution in [0.4, 0.5) is 0 Å². The Balaban J connectivity index is 2.65. The number of aliphatic hydroxyl groups excluding tert-OH is 1. The van der Waals surface area contributed by atoms with E-state index < -0.39 is 0 Å². The molecule has 0 fully saturated rings. The first-order chi connectivity index (χ1) is 4.91. The molecule has 0 radical (unpaired) electrons. The molecule has 0 aliphatic rings. The highest BCUT2D eigenvalue weighted by Gasteiger charge is 1.85. The third-order valence-electron chi connectivity index (χ3n) is 1.32. The van der Waals surface area contributed by atoms with E-state index in [4.69, 9.17) is 5.11 Å². The van der Waals surface area contributed by atoms with Crippen molar-refractivity contribution in [3.05, 3.63) is 0 Å². The van der Waals surface area contributed by atoms with Crippen LogP contribution < -0.4 is 10.6 Å². The monoisotopic (exact) mass is 146 g/mol. The van der Waals surface area contributed by atoms with Crippen LogP contribution in [0.2, 0.25) is 0 Å². The number of nitrogens with one attached hydrogen (secondary N) is 2. The molecule has 0 bridgehead atoms. The van der Waals surface area contributed by atoms with Gasteiger partial charge in [0.1, 0.15) is 0 Å². The van der Waals surface area contributed by atoms with E-state index in [2.05, 4.69) is 10.6 Å². The molecule has 0 heterocycles. The van der Waals surface area contributed by atoms with Crippen LogP contribution in [0.3, 0.4) is 0 Å². The van der Waals surface area contributed by atoms with Crippen LogP contribution in [-0.4, -0.2) is 38.4 Å². The Labute approximate surface area is 62.8 Å². The van der Waals surface area contributed by atoms with Gasteiger partial charge in [0.15, 0.2) is 0 Å². The van der Waals surface area contributed by atoms with Crippen molar-refractivity contribution >= 4 is 0 Å². The number of hydrogen-bond acceptors (Lipinski definition) is 3. The van der Waals surface area contributed by atoms with Crippen LogP contribution in [0.5, 0.6) is 0 Å². The van der Waals surface area contributed by atoms with Gasteiger partial charge in [-0.2, -0.15) is 0 Å². The van der Waals surface area contributed by atoms with Crippen molar-refractivity contribution in [2.24, 2.45) is 0 Å². The third kappa shape index (κ3) is 7.88. The molecule has 0 spiro atoms. The molecule has 0 aliphatic carbocycles. The van der Waals surface area contributed by atoms with Gasteiger partial charge in [-0.1, -0.05) is 0 Å². The molecule has 0 amide bonds. The molecule has 0 atom stereocenters. The minimum Gasteiger partial charge on any atom is -0.395 e. The quantitative estimate of drug-likeness (QED) is 0.427. The summed E-state index contributed by atoms with van der Waals surface area (Å²) < 4.78 is 0. The lowest BCUT2D eigenvalue weighted by Crippen LogP contribution is -2.20. The molecule has 0 unspecified atom stereocenters. The summed E-state index contributed by atoms with van der Waals surface area (Å²) in [4.78, 5) is 0. The fourth-order valence-electron chi connectivity index (χ4n) is 0.756. The predicted octanol–water partition coefficient (Wildman–Crippen LogP) is -0.432. The van der Waals surface area contributed by atoms with Gasteiger partial charge >= 0.3 is 0 Å². The van der Waals surface area contributed by atoms with Crippen LogP contribution in [0.15, 0.2) is 0 Å². The summed E-state index contributed by atoms with van der Waals surface area (Å²) in [5.74, 6) is 0. The van der Waals surface area contributed by atoms with E-state index in [9.17, 15) is 0 Å². The highest BCUT2D eigenvalue weighted by molar-refractivity contribution is 4.47. The first-order valence-electron chi connectivity index (χ1n) is 3.88. The first-order valence-corrected chi connectivity index (χ1v) is 3.88. The van der Waals surface area contributed by atoms with Crippen molar-refractivity contribution in [2.45, 2.75) is 12.8 Å². The fraction of sp³-hybridized carbons (Fsp3) is 1.00. The summed E-state index contributed by atoms with van der Waals surface area (Å²) in [7, 11) is 1.96. The average molecular weight is 146 g/mol. The normalized spacial score (nSPS) is 10.2. The summed E-state index contributed by atoms with van der Waals surface area (Å²) in [6.07, 6.45) is 2.38. The summed E-state index contributed by atoms with van der Waals surface area (Å²) in [6, 6.07) is 0. The number of hydrogen-bond donors (Lipinski definition) is 3. The molecule has 0 aromatic heterocycles. The molecule has 0 saturated heterocycles. The molecule has 0 aliphatic heterocycles. The van der Waals surface area contributed by atoms with E-state index in [1.807, 2.05) is 7.05 Å². The fourth-order valence-corrected chi connectivity index (χ4v) is 0.756. The number of aliphatic hydroxyl groups is 1. The Morgan fingerprint density at radius 1 is 1.10 bits per heavy atom. The number of rotatable bonds is 7. The molecule has 0 aromatic rings. The van der Waals surface area contributed by atoms with Crippen LogP contribution in [0.25, 0.3) is 0 Å². The molecule has 62 valence electrons. The number of unbranched alkanes of at least 4 members (excludes halogenated alkanes) is 1. The second kappa shape index (κ2) is 8.88. The lowest BCUT2D eigenvalue weighted by Gasteiger charge is -2.01. The summed E-state index contributed by atoms with van der Waals surface area (Å²) in [6.45, 7) is 3.06. The van der Waals surface area contributed by atoms with Crippen molar-refractivity contribution in [2.75, 3.05) is 33.3 Å². The zero-order valence-corrected chi connectivity index (χ0v) is 6.69. The molecule has 0 rings (SSSR count). The zero-order valence-electron chi connectivity index (χ0n) is 6.69. The van der Waals surface area contributed by atoms with Crippen LogP contribution in [-0.2, 0) is 0 Å². The SMILES string of the molecule is CNCCCCNCCO. The van der Waals surface area contributed by atoms with E-state index in [1.54, 1.807) is 0 Å². The third-order valence-corrected chi connectivity index (χ3v) is 1.32. The smallest absolute Gasteiger partial charge is 0.0555 e. The van der Waals surface area contributed by atoms with Gasteiger partial charge in [0, 0.05) is 6.54 Å². The van der Waals surface area contributed by atoms with E-state index in [-0.39, 0.29) is 6.61 Å². The standard InChI is InChI=1S/C7H18N2O/c1-8-4-2-3-5-9-6-7-10/h8-10H,2-7H2,1H3. The second-order valence-corrected chi connectivity index (χ2v) is 2.28. The summed E-state index contributed by atoms with van der Waals surface area (Å²) in [5.41, 5.74) is 0. The van der Waals surface area contributed by atoms with Gasteiger partial charge in [-0.3, -0.25) is 0 Å². The topological polar surface area (TPSA) is 44.3 Å². The van der Waals surface area contributed by atoms with E-state index in [0.717, 1.165) is 19.6 Å². The van der Waals surface area contributed by atoms with Crippen molar-refractivity contribution in [3.63, 3.8) is 0 Å². The zero-order chi connectivity index (χ0) is 7.66. The van der Waals surface area contributed by atoms with Gasteiger partial charge < -0.3 is 15.7 Å². The lowest BCUT2D eigenvalue weighted by molar-refractivity contribution is 0.292. The van der Waals surface area contributed by atoms with Crippen LogP contribution >= 0.6 is 0 Å².